The SMILES string of the molecule is C1CCCCC1.C=C(C)O.CCCC1CCC(c2ccc(ON)c(F)c2)CC1. The van der Waals surface area contributed by atoms with Crippen molar-refractivity contribution in [3.63, 3.8) is 0 Å². The summed E-state index contributed by atoms with van der Waals surface area (Å²) in [7, 11) is 0. The van der Waals surface area contributed by atoms with Crippen LogP contribution in [0, 0.1) is 11.7 Å². The summed E-state index contributed by atoms with van der Waals surface area (Å²) in [6, 6.07) is 5.14. The van der Waals surface area contributed by atoms with E-state index in [1.807, 2.05) is 6.07 Å². The summed E-state index contributed by atoms with van der Waals surface area (Å²) in [5.74, 6) is 6.30. The second kappa shape index (κ2) is 14.4. The second-order valence-electron chi connectivity index (χ2n) is 8.17. The zero-order valence-corrected chi connectivity index (χ0v) is 17.9. The number of aliphatic hydroxyl groups excluding tert-OH is 1. The average molecular weight is 394 g/mol. The molecule has 2 aliphatic carbocycles. The van der Waals surface area contributed by atoms with Crippen LogP contribution < -0.4 is 10.7 Å². The molecule has 2 saturated carbocycles. The van der Waals surface area contributed by atoms with Crippen LogP contribution >= 0.6 is 0 Å². The molecule has 1 aromatic rings. The van der Waals surface area contributed by atoms with Crippen molar-refractivity contribution in [3.8, 4) is 5.75 Å². The molecule has 2 aliphatic rings. The van der Waals surface area contributed by atoms with E-state index >= 15 is 0 Å². The molecule has 0 radical (unpaired) electrons. The van der Waals surface area contributed by atoms with E-state index in [-0.39, 0.29) is 17.3 Å². The number of halogens is 1. The van der Waals surface area contributed by atoms with E-state index in [1.165, 1.54) is 84.0 Å². The maximum Gasteiger partial charge on any atom is 0.182 e. The molecule has 0 spiro atoms. The highest BCUT2D eigenvalue weighted by Crippen LogP contribution is 2.38. The van der Waals surface area contributed by atoms with Crippen molar-refractivity contribution >= 4 is 0 Å². The zero-order chi connectivity index (χ0) is 20.8. The third-order valence-electron chi connectivity index (χ3n) is 5.60. The molecule has 0 amide bonds. The first-order valence-electron chi connectivity index (χ1n) is 11.0. The molecule has 3 N–H and O–H groups in total. The number of rotatable bonds is 4. The molecule has 0 unspecified atom stereocenters. The van der Waals surface area contributed by atoms with Gasteiger partial charge in [-0.3, -0.25) is 0 Å². The normalized spacial score (nSPS) is 21.4. The van der Waals surface area contributed by atoms with Gasteiger partial charge < -0.3 is 9.94 Å². The molecular formula is C24H40FNO2. The summed E-state index contributed by atoms with van der Waals surface area (Å²) in [5, 5.41) is 7.86. The Morgan fingerprint density at radius 3 is 2.00 bits per heavy atom. The van der Waals surface area contributed by atoms with Gasteiger partial charge in [-0.05, 0) is 62.1 Å². The van der Waals surface area contributed by atoms with Crippen LogP contribution in [0.15, 0.2) is 30.5 Å². The van der Waals surface area contributed by atoms with Gasteiger partial charge >= 0.3 is 0 Å². The third-order valence-corrected chi connectivity index (χ3v) is 5.60. The van der Waals surface area contributed by atoms with Crippen molar-refractivity contribution in [2.45, 2.75) is 96.8 Å². The molecule has 0 aromatic heterocycles. The van der Waals surface area contributed by atoms with Crippen molar-refractivity contribution in [2.24, 2.45) is 11.8 Å². The lowest BCUT2D eigenvalue weighted by Crippen LogP contribution is -2.13. The van der Waals surface area contributed by atoms with Crippen LogP contribution in [-0.2, 0) is 0 Å². The van der Waals surface area contributed by atoms with Crippen molar-refractivity contribution in [1.82, 2.24) is 0 Å². The van der Waals surface area contributed by atoms with E-state index in [0.717, 1.165) is 11.5 Å². The third kappa shape index (κ3) is 10.1. The molecule has 160 valence electrons. The van der Waals surface area contributed by atoms with Crippen LogP contribution in [-0.4, -0.2) is 5.11 Å². The van der Waals surface area contributed by atoms with Gasteiger partial charge in [0.15, 0.2) is 11.6 Å². The van der Waals surface area contributed by atoms with Crippen LogP contribution in [0.25, 0.3) is 0 Å². The van der Waals surface area contributed by atoms with E-state index in [9.17, 15) is 4.39 Å². The Labute approximate surface area is 171 Å². The van der Waals surface area contributed by atoms with Crippen LogP contribution in [0.2, 0.25) is 0 Å². The van der Waals surface area contributed by atoms with E-state index in [1.54, 1.807) is 12.1 Å². The van der Waals surface area contributed by atoms with Crippen LogP contribution in [0.3, 0.4) is 0 Å². The molecule has 1 aromatic carbocycles. The summed E-state index contributed by atoms with van der Waals surface area (Å²) >= 11 is 0. The highest BCUT2D eigenvalue weighted by Gasteiger charge is 2.22. The van der Waals surface area contributed by atoms with Crippen LogP contribution in [0.5, 0.6) is 5.75 Å². The number of benzene rings is 1. The van der Waals surface area contributed by atoms with Crippen LogP contribution in [0.4, 0.5) is 4.39 Å². The molecular weight excluding hydrogens is 353 g/mol. The minimum absolute atomic E-state index is 0.124. The molecule has 0 saturated heterocycles. The topological polar surface area (TPSA) is 55.5 Å². The predicted molar refractivity (Wildman–Crippen MR) is 116 cm³/mol. The maximum absolute atomic E-state index is 13.6. The maximum atomic E-state index is 13.6. The van der Waals surface area contributed by atoms with E-state index in [0.29, 0.717) is 5.92 Å². The Morgan fingerprint density at radius 1 is 1.11 bits per heavy atom. The number of hydrogen-bond acceptors (Lipinski definition) is 3. The monoisotopic (exact) mass is 393 g/mol. The first-order valence-corrected chi connectivity index (χ1v) is 11.0. The van der Waals surface area contributed by atoms with Crippen molar-refractivity contribution < 1.29 is 14.3 Å². The molecule has 0 atom stereocenters. The fraction of sp³-hybridized carbons (Fsp3) is 0.667. The minimum Gasteiger partial charge on any atom is -0.513 e. The first kappa shape index (κ1) is 24.5. The lowest BCUT2D eigenvalue weighted by molar-refractivity contribution is 0.304. The fourth-order valence-electron chi connectivity index (χ4n) is 4.12. The molecule has 28 heavy (non-hydrogen) atoms. The van der Waals surface area contributed by atoms with Gasteiger partial charge in [0.05, 0.1) is 5.76 Å². The summed E-state index contributed by atoms with van der Waals surface area (Å²) in [6.45, 7) is 6.88. The summed E-state index contributed by atoms with van der Waals surface area (Å²) in [6.07, 6.45) is 16.5. The number of nitrogens with two attached hydrogens (primary N) is 1. The van der Waals surface area contributed by atoms with Crippen molar-refractivity contribution in [3.05, 3.63) is 41.9 Å². The molecule has 2 fully saturated rings. The van der Waals surface area contributed by atoms with E-state index in [2.05, 4.69) is 18.3 Å². The van der Waals surface area contributed by atoms with E-state index in [4.69, 9.17) is 11.0 Å². The Morgan fingerprint density at radius 2 is 1.61 bits per heavy atom. The van der Waals surface area contributed by atoms with Crippen LogP contribution in [0.1, 0.15) is 102 Å². The molecule has 0 heterocycles. The average Bonchev–Trinajstić information content (AvgIpc) is 2.70. The summed E-state index contributed by atoms with van der Waals surface area (Å²) in [4.78, 5) is 4.46. The summed E-state index contributed by atoms with van der Waals surface area (Å²) < 4.78 is 13.6. The highest BCUT2D eigenvalue weighted by atomic mass is 19.1. The predicted octanol–water partition coefficient (Wildman–Crippen LogP) is 7.57. The largest absolute Gasteiger partial charge is 0.513 e. The minimum atomic E-state index is -0.356. The quantitative estimate of drug-likeness (QED) is 0.409. The molecule has 3 nitrogen and oxygen atoms in total. The lowest BCUT2D eigenvalue weighted by atomic mass is 9.77. The Hall–Kier alpha value is -1.55. The van der Waals surface area contributed by atoms with Gasteiger partial charge in [0.25, 0.3) is 0 Å². The molecule has 3 rings (SSSR count). The Balaban J connectivity index is 0.000000322. The van der Waals surface area contributed by atoms with Crippen molar-refractivity contribution in [2.75, 3.05) is 0 Å². The fourth-order valence-corrected chi connectivity index (χ4v) is 4.12. The Kier molecular flexibility index (Phi) is 12.6. The standard InChI is InChI=1S/C15H22FNO.C6H12.C3H6O/c1-2-3-11-4-6-12(7-5-11)13-8-9-15(18-17)14(16)10-13;1-2-4-6-5-3-1;1-3(2)4/h8-12H,2-7,17H2,1H3;1-6H2;4H,1H2,2H3. The Bertz CT molecular complexity index is 534. The number of hydrogen-bond donors (Lipinski definition) is 2. The van der Waals surface area contributed by atoms with Gasteiger partial charge in [0.2, 0.25) is 0 Å². The van der Waals surface area contributed by atoms with Gasteiger partial charge in [-0.15, -0.1) is 0 Å². The van der Waals surface area contributed by atoms with Gasteiger partial charge in [-0.1, -0.05) is 70.9 Å². The number of allylic oxidation sites excluding steroid dienone is 1. The molecule has 0 bridgehead atoms. The van der Waals surface area contributed by atoms with Gasteiger partial charge in [0, 0.05) is 0 Å². The molecule has 4 heteroatoms. The van der Waals surface area contributed by atoms with Crippen molar-refractivity contribution in [1.29, 1.82) is 0 Å². The van der Waals surface area contributed by atoms with Gasteiger partial charge in [-0.25, -0.2) is 4.39 Å². The summed E-state index contributed by atoms with van der Waals surface area (Å²) in [5.41, 5.74) is 1.09. The second-order valence-corrected chi connectivity index (χ2v) is 8.17. The lowest BCUT2D eigenvalue weighted by Gasteiger charge is -2.28. The number of aliphatic hydroxyl groups is 1. The highest BCUT2D eigenvalue weighted by molar-refractivity contribution is 5.31. The van der Waals surface area contributed by atoms with Gasteiger partial charge in [-0.2, -0.15) is 5.90 Å². The smallest absolute Gasteiger partial charge is 0.182 e. The van der Waals surface area contributed by atoms with Gasteiger partial charge in [0.1, 0.15) is 0 Å². The zero-order valence-electron chi connectivity index (χ0n) is 17.9. The van der Waals surface area contributed by atoms with E-state index < -0.39 is 0 Å². The first-order chi connectivity index (χ1) is 13.5. The molecule has 0 aliphatic heterocycles.